The maximum Gasteiger partial charge on any atom is 0.295 e. The second-order valence-electron chi connectivity index (χ2n) is 9.04. The summed E-state index contributed by atoms with van der Waals surface area (Å²) in [4.78, 5) is 29.1. The average Bonchev–Trinajstić information content (AvgIpc) is 3.21. The Morgan fingerprint density at radius 1 is 0.946 bits per heavy atom. The summed E-state index contributed by atoms with van der Waals surface area (Å²) < 4.78 is 18.6. The van der Waals surface area contributed by atoms with Gasteiger partial charge in [-0.2, -0.15) is 0 Å². The van der Waals surface area contributed by atoms with Crippen molar-refractivity contribution < 1.29 is 18.7 Å². The third-order valence-electron chi connectivity index (χ3n) is 6.64. The molecule has 1 aromatic heterocycles. The average molecular weight is 562 g/mol. The summed E-state index contributed by atoms with van der Waals surface area (Å²) in [6.07, 6.45) is 4.42. The van der Waals surface area contributed by atoms with Crippen LogP contribution in [0.5, 0.6) is 11.5 Å². The maximum atomic E-state index is 13.7. The molecule has 0 saturated heterocycles. The smallest absolute Gasteiger partial charge is 0.295 e. The topological polar surface area (TPSA) is 69.0 Å². The van der Waals surface area contributed by atoms with E-state index in [0.29, 0.717) is 40.3 Å². The number of carbonyl (C=O) groups is 1. The molecule has 0 N–H and O–H groups in total. The monoisotopic (exact) mass is 561 g/mol. The summed E-state index contributed by atoms with van der Waals surface area (Å²) in [5, 5.41) is 0.440. The van der Waals surface area contributed by atoms with Gasteiger partial charge in [0.1, 0.15) is 5.58 Å². The van der Waals surface area contributed by atoms with Gasteiger partial charge in [0.15, 0.2) is 16.9 Å². The van der Waals surface area contributed by atoms with Crippen LogP contribution >= 0.6 is 15.9 Å². The van der Waals surface area contributed by atoms with E-state index in [1.807, 2.05) is 42.5 Å². The minimum absolute atomic E-state index is 0.0619. The van der Waals surface area contributed by atoms with Crippen molar-refractivity contribution in [1.82, 2.24) is 0 Å². The fourth-order valence-electron chi connectivity index (χ4n) is 4.79. The Morgan fingerprint density at radius 3 is 2.49 bits per heavy atom. The molecule has 4 aromatic rings. The van der Waals surface area contributed by atoms with Crippen LogP contribution in [-0.4, -0.2) is 19.6 Å². The van der Waals surface area contributed by atoms with Gasteiger partial charge in [-0.05, 0) is 60.5 Å². The van der Waals surface area contributed by atoms with E-state index in [1.165, 1.54) is 6.42 Å². The first-order chi connectivity index (χ1) is 18.0. The summed E-state index contributed by atoms with van der Waals surface area (Å²) in [6.45, 7) is 2.77. The fraction of sp³-hybridized carbons (Fsp3) is 0.267. The SMILES string of the molecule is CCCCCCOc1ccc(C2c3c(oc4ccccc4c3=O)C(=O)N2c2ccc(Br)cc2)cc1OC. The van der Waals surface area contributed by atoms with Crippen molar-refractivity contribution in [3.05, 3.63) is 98.3 Å². The van der Waals surface area contributed by atoms with Crippen LogP contribution in [-0.2, 0) is 0 Å². The number of amides is 1. The predicted octanol–water partition coefficient (Wildman–Crippen LogP) is 7.27. The largest absolute Gasteiger partial charge is 0.493 e. The number of anilines is 1. The number of methoxy groups -OCH3 is 1. The van der Waals surface area contributed by atoms with Crippen LogP contribution in [0.3, 0.4) is 0 Å². The lowest BCUT2D eigenvalue weighted by Gasteiger charge is -2.26. The van der Waals surface area contributed by atoms with Gasteiger partial charge in [-0.1, -0.05) is 60.3 Å². The first-order valence-electron chi connectivity index (χ1n) is 12.5. The third-order valence-corrected chi connectivity index (χ3v) is 7.17. The molecular formula is C30H28BrNO5. The zero-order valence-electron chi connectivity index (χ0n) is 20.8. The normalized spacial score (nSPS) is 14.7. The lowest BCUT2D eigenvalue weighted by atomic mass is 9.97. The van der Waals surface area contributed by atoms with E-state index in [0.717, 1.165) is 29.3 Å². The number of rotatable bonds is 9. The number of fused-ring (bicyclic) bond motifs is 2. The standard InChI is InChI=1S/C30H28BrNO5/c1-3-4-5-8-17-36-24-16-11-19(18-25(24)35-2)27-26-28(33)22-9-6-7-10-23(22)37-29(26)30(34)32(27)21-14-12-20(31)13-15-21/h6-7,9-16,18,27H,3-5,8,17H2,1-2H3. The molecule has 5 rings (SSSR count). The van der Waals surface area contributed by atoms with Crippen LogP contribution in [0.25, 0.3) is 11.0 Å². The number of hydrogen-bond acceptors (Lipinski definition) is 5. The molecule has 190 valence electrons. The van der Waals surface area contributed by atoms with Gasteiger partial charge in [0.05, 0.1) is 30.7 Å². The van der Waals surface area contributed by atoms with E-state index >= 15 is 0 Å². The maximum absolute atomic E-state index is 13.7. The highest BCUT2D eigenvalue weighted by molar-refractivity contribution is 9.10. The Balaban J connectivity index is 1.61. The Kier molecular flexibility index (Phi) is 7.33. The number of para-hydroxylation sites is 1. The van der Waals surface area contributed by atoms with E-state index in [9.17, 15) is 9.59 Å². The van der Waals surface area contributed by atoms with Gasteiger partial charge in [-0.15, -0.1) is 0 Å². The number of halogens is 1. The summed E-state index contributed by atoms with van der Waals surface area (Å²) in [5.41, 5.74) is 1.88. The summed E-state index contributed by atoms with van der Waals surface area (Å²) in [6, 6.07) is 19.3. The van der Waals surface area contributed by atoms with Crippen molar-refractivity contribution in [1.29, 1.82) is 0 Å². The van der Waals surface area contributed by atoms with Crippen LogP contribution < -0.4 is 19.8 Å². The molecule has 1 aliphatic rings. The highest BCUT2D eigenvalue weighted by Gasteiger charge is 2.43. The second kappa shape index (κ2) is 10.8. The summed E-state index contributed by atoms with van der Waals surface area (Å²) >= 11 is 3.46. The van der Waals surface area contributed by atoms with Crippen molar-refractivity contribution >= 4 is 38.5 Å². The number of benzene rings is 3. The van der Waals surface area contributed by atoms with Gasteiger partial charge >= 0.3 is 0 Å². The van der Waals surface area contributed by atoms with Crippen molar-refractivity contribution in [2.45, 2.75) is 38.6 Å². The molecule has 7 heteroatoms. The zero-order valence-corrected chi connectivity index (χ0v) is 22.4. The van der Waals surface area contributed by atoms with Gasteiger partial charge in [0.25, 0.3) is 5.91 Å². The summed E-state index contributed by atoms with van der Waals surface area (Å²) in [7, 11) is 1.59. The lowest BCUT2D eigenvalue weighted by molar-refractivity contribution is 0.0971. The molecule has 37 heavy (non-hydrogen) atoms. The number of ether oxygens (including phenoxy) is 2. The van der Waals surface area contributed by atoms with Gasteiger partial charge in [0.2, 0.25) is 5.76 Å². The van der Waals surface area contributed by atoms with Gasteiger partial charge in [0, 0.05) is 10.2 Å². The zero-order chi connectivity index (χ0) is 25.9. The molecule has 0 bridgehead atoms. The molecule has 3 aromatic carbocycles. The number of hydrogen-bond donors (Lipinski definition) is 0. The molecule has 0 spiro atoms. The molecule has 1 aliphatic heterocycles. The number of unbranched alkanes of at least 4 members (excludes halogenated alkanes) is 3. The van der Waals surface area contributed by atoms with Crippen molar-refractivity contribution in [3.8, 4) is 11.5 Å². The lowest BCUT2D eigenvalue weighted by Crippen LogP contribution is -2.29. The number of nitrogens with zero attached hydrogens (tertiary/aromatic N) is 1. The predicted molar refractivity (Wildman–Crippen MR) is 148 cm³/mol. The fourth-order valence-corrected chi connectivity index (χ4v) is 5.05. The molecule has 0 radical (unpaired) electrons. The van der Waals surface area contributed by atoms with E-state index in [1.54, 1.807) is 36.3 Å². The van der Waals surface area contributed by atoms with E-state index in [4.69, 9.17) is 13.9 Å². The Labute approximate surface area is 223 Å². The molecule has 0 fully saturated rings. The van der Waals surface area contributed by atoms with Crippen molar-refractivity contribution in [2.75, 3.05) is 18.6 Å². The molecule has 1 amide bonds. The Bertz CT molecular complexity index is 1490. The molecular weight excluding hydrogens is 534 g/mol. The van der Waals surface area contributed by atoms with Crippen molar-refractivity contribution in [3.63, 3.8) is 0 Å². The third kappa shape index (κ3) is 4.76. The highest BCUT2D eigenvalue weighted by atomic mass is 79.9. The minimum atomic E-state index is -0.683. The Morgan fingerprint density at radius 2 is 1.73 bits per heavy atom. The second-order valence-corrected chi connectivity index (χ2v) is 9.96. The molecule has 0 saturated carbocycles. The molecule has 6 nitrogen and oxygen atoms in total. The molecule has 1 atom stereocenters. The van der Waals surface area contributed by atoms with Crippen molar-refractivity contribution in [2.24, 2.45) is 0 Å². The molecule has 0 aliphatic carbocycles. The first-order valence-corrected chi connectivity index (χ1v) is 13.3. The first kappa shape index (κ1) is 25.1. The van der Waals surface area contributed by atoms with Crippen LogP contribution in [0.2, 0.25) is 0 Å². The van der Waals surface area contributed by atoms with E-state index < -0.39 is 6.04 Å². The van der Waals surface area contributed by atoms with Crippen LogP contribution in [0.1, 0.15) is 60.3 Å². The van der Waals surface area contributed by atoms with Crippen LogP contribution in [0.4, 0.5) is 5.69 Å². The molecule has 1 unspecified atom stereocenters. The minimum Gasteiger partial charge on any atom is -0.493 e. The van der Waals surface area contributed by atoms with Gasteiger partial charge < -0.3 is 13.9 Å². The highest BCUT2D eigenvalue weighted by Crippen LogP contribution is 2.43. The quantitative estimate of drug-likeness (QED) is 0.201. The van der Waals surface area contributed by atoms with Crippen LogP contribution in [0.15, 0.2) is 80.4 Å². The van der Waals surface area contributed by atoms with Crippen LogP contribution in [0, 0.1) is 0 Å². The number of carbonyl (C=O) groups excluding carboxylic acids is 1. The van der Waals surface area contributed by atoms with E-state index in [-0.39, 0.29) is 17.1 Å². The van der Waals surface area contributed by atoms with E-state index in [2.05, 4.69) is 22.9 Å². The van der Waals surface area contributed by atoms with Gasteiger partial charge in [-0.25, -0.2) is 0 Å². The summed E-state index contributed by atoms with van der Waals surface area (Å²) in [5.74, 6) is 0.884. The Hall–Kier alpha value is -3.58. The molecule has 2 heterocycles. The van der Waals surface area contributed by atoms with Gasteiger partial charge in [-0.3, -0.25) is 14.5 Å².